The SMILES string of the molecule is CCOc1ccc(Cl)cc1C=NNC(=O)c1cccc(N([O-])O)c1. The molecule has 0 saturated carbocycles. The normalized spacial score (nSPS) is 10.7. The van der Waals surface area contributed by atoms with Gasteiger partial charge in [0, 0.05) is 16.1 Å². The van der Waals surface area contributed by atoms with E-state index in [0.717, 1.165) is 0 Å². The van der Waals surface area contributed by atoms with Gasteiger partial charge >= 0.3 is 0 Å². The number of ether oxygens (including phenoxy) is 1. The van der Waals surface area contributed by atoms with Crippen LogP contribution < -0.4 is 15.4 Å². The predicted octanol–water partition coefficient (Wildman–Crippen LogP) is 3.20. The lowest BCUT2D eigenvalue weighted by Gasteiger charge is -2.21. The molecule has 2 N–H and O–H groups in total. The first kappa shape index (κ1) is 17.7. The van der Waals surface area contributed by atoms with E-state index in [-0.39, 0.29) is 16.5 Å². The number of hydrazone groups is 1. The van der Waals surface area contributed by atoms with E-state index in [9.17, 15) is 10.0 Å². The molecule has 1 amide bonds. The van der Waals surface area contributed by atoms with Crippen LogP contribution in [0.1, 0.15) is 22.8 Å². The average molecular weight is 349 g/mol. The van der Waals surface area contributed by atoms with Gasteiger partial charge in [0.05, 0.1) is 18.5 Å². The maximum Gasteiger partial charge on any atom is 0.271 e. The van der Waals surface area contributed by atoms with E-state index in [1.165, 1.54) is 30.5 Å². The van der Waals surface area contributed by atoms with Gasteiger partial charge < -0.3 is 15.2 Å². The molecular formula is C16H15ClN3O4-. The van der Waals surface area contributed by atoms with Gasteiger partial charge in [-0.25, -0.2) is 5.43 Å². The number of hydrogen-bond donors (Lipinski definition) is 2. The second-order valence-electron chi connectivity index (χ2n) is 4.64. The van der Waals surface area contributed by atoms with Gasteiger partial charge in [0.2, 0.25) is 0 Å². The van der Waals surface area contributed by atoms with E-state index in [1.54, 1.807) is 18.2 Å². The van der Waals surface area contributed by atoms with E-state index < -0.39 is 5.91 Å². The minimum atomic E-state index is -0.532. The second kappa shape index (κ2) is 8.30. The Morgan fingerprint density at radius 3 is 2.92 bits per heavy atom. The smallest absolute Gasteiger partial charge is 0.271 e. The molecule has 7 nitrogen and oxygen atoms in total. The number of nitrogens with zero attached hydrogens (tertiary/aromatic N) is 2. The van der Waals surface area contributed by atoms with Crippen LogP contribution in [0.5, 0.6) is 5.75 Å². The minimum Gasteiger partial charge on any atom is -0.733 e. The highest BCUT2D eigenvalue weighted by Crippen LogP contribution is 2.21. The fraction of sp³-hybridized carbons (Fsp3) is 0.125. The average Bonchev–Trinajstić information content (AvgIpc) is 2.57. The zero-order valence-electron chi connectivity index (χ0n) is 12.8. The van der Waals surface area contributed by atoms with E-state index in [1.807, 2.05) is 6.92 Å². The molecule has 0 atom stereocenters. The zero-order valence-corrected chi connectivity index (χ0v) is 13.5. The van der Waals surface area contributed by atoms with Crippen molar-refractivity contribution in [3.8, 4) is 5.75 Å². The van der Waals surface area contributed by atoms with Crippen molar-refractivity contribution in [2.75, 3.05) is 11.8 Å². The summed E-state index contributed by atoms with van der Waals surface area (Å²) in [5.41, 5.74) is 3.06. The maximum atomic E-state index is 12.0. The second-order valence-corrected chi connectivity index (χ2v) is 5.07. The summed E-state index contributed by atoms with van der Waals surface area (Å²) in [7, 11) is 0. The molecule has 24 heavy (non-hydrogen) atoms. The lowest BCUT2D eigenvalue weighted by molar-refractivity contribution is 0.0955. The van der Waals surface area contributed by atoms with Crippen LogP contribution in [0.4, 0.5) is 5.69 Å². The van der Waals surface area contributed by atoms with Crippen LogP contribution in [0.25, 0.3) is 0 Å². The third kappa shape index (κ3) is 4.69. The van der Waals surface area contributed by atoms with Gasteiger partial charge in [-0.3, -0.25) is 10.0 Å². The van der Waals surface area contributed by atoms with Gasteiger partial charge in [0.1, 0.15) is 5.75 Å². The van der Waals surface area contributed by atoms with Crippen LogP contribution in [0.2, 0.25) is 5.02 Å². The summed E-state index contributed by atoms with van der Waals surface area (Å²) in [4.78, 5) is 12.0. The number of halogens is 1. The van der Waals surface area contributed by atoms with E-state index in [4.69, 9.17) is 21.5 Å². The number of carbonyl (C=O) groups excluding carboxylic acids is 1. The Morgan fingerprint density at radius 1 is 1.42 bits per heavy atom. The number of hydrogen-bond acceptors (Lipinski definition) is 6. The highest BCUT2D eigenvalue weighted by molar-refractivity contribution is 6.30. The standard InChI is InChI=1S/C16H15ClN3O4/c1-2-24-15-7-6-13(17)8-12(15)10-18-19-16(21)11-4-3-5-14(9-11)20(22)23/h3-10,22H,2H2,1H3,(H,19,21)/q-1. The highest BCUT2D eigenvalue weighted by Gasteiger charge is 2.06. The summed E-state index contributed by atoms with van der Waals surface area (Å²) < 4.78 is 5.45. The van der Waals surface area contributed by atoms with Crippen LogP contribution in [0, 0.1) is 5.21 Å². The predicted molar refractivity (Wildman–Crippen MR) is 91.8 cm³/mol. The van der Waals surface area contributed by atoms with Gasteiger partial charge in [-0.15, -0.1) is 0 Å². The molecule has 126 valence electrons. The van der Waals surface area contributed by atoms with Crippen molar-refractivity contribution in [1.29, 1.82) is 0 Å². The molecule has 0 heterocycles. The van der Waals surface area contributed by atoms with E-state index >= 15 is 0 Å². The Kier molecular flexibility index (Phi) is 6.14. The van der Waals surface area contributed by atoms with Crippen molar-refractivity contribution < 1.29 is 14.7 Å². The maximum absolute atomic E-state index is 12.0. The van der Waals surface area contributed by atoms with Crippen LogP contribution in [0.15, 0.2) is 47.6 Å². The van der Waals surface area contributed by atoms with Crippen molar-refractivity contribution in [3.05, 3.63) is 63.8 Å². The van der Waals surface area contributed by atoms with Gasteiger partial charge in [-0.05, 0) is 43.3 Å². The number of amides is 1. The Hall–Kier alpha value is -2.61. The molecule has 0 fully saturated rings. The first-order valence-electron chi connectivity index (χ1n) is 7.03. The largest absolute Gasteiger partial charge is 0.733 e. The summed E-state index contributed by atoms with van der Waals surface area (Å²) in [6.07, 6.45) is 1.41. The molecule has 0 radical (unpaired) electrons. The molecule has 0 aromatic heterocycles. The Labute approximate surface area is 143 Å². The van der Waals surface area contributed by atoms with Gasteiger partial charge in [-0.1, -0.05) is 17.7 Å². The summed E-state index contributed by atoms with van der Waals surface area (Å²) in [6.45, 7) is 2.33. The van der Waals surface area contributed by atoms with E-state index in [0.29, 0.717) is 22.9 Å². The van der Waals surface area contributed by atoms with Crippen molar-refractivity contribution in [2.24, 2.45) is 5.10 Å². The monoisotopic (exact) mass is 348 g/mol. The molecule has 0 aliphatic carbocycles. The lowest BCUT2D eigenvalue weighted by atomic mass is 10.2. The quantitative estimate of drug-likeness (QED) is 0.617. The number of anilines is 1. The molecule has 2 aromatic carbocycles. The number of carbonyl (C=O) groups is 1. The van der Waals surface area contributed by atoms with Gasteiger partial charge in [0.25, 0.3) is 5.91 Å². The molecule has 0 unspecified atom stereocenters. The zero-order chi connectivity index (χ0) is 17.5. The molecule has 8 heteroatoms. The molecule has 0 spiro atoms. The topological polar surface area (TPSA) is 97.2 Å². The third-order valence-corrected chi connectivity index (χ3v) is 3.21. The summed E-state index contributed by atoms with van der Waals surface area (Å²) in [6, 6.07) is 10.6. The van der Waals surface area contributed by atoms with Crippen LogP contribution in [-0.2, 0) is 0 Å². The third-order valence-electron chi connectivity index (χ3n) is 2.97. The van der Waals surface area contributed by atoms with Crippen molar-refractivity contribution in [2.45, 2.75) is 6.92 Å². The summed E-state index contributed by atoms with van der Waals surface area (Å²) in [5.74, 6) is 0.0547. The van der Waals surface area contributed by atoms with Crippen LogP contribution in [-0.4, -0.2) is 23.9 Å². The fourth-order valence-electron chi connectivity index (χ4n) is 1.90. The molecule has 0 aliphatic heterocycles. The van der Waals surface area contributed by atoms with Gasteiger partial charge in [-0.2, -0.15) is 5.10 Å². The van der Waals surface area contributed by atoms with Crippen molar-refractivity contribution in [3.63, 3.8) is 0 Å². The molecule has 0 saturated heterocycles. The fourth-order valence-corrected chi connectivity index (χ4v) is 2.08. The molecule has 0 aliphatic rings. The minimum absolute atomic E-state index is 0.0555. The van der Waals surface area contributed by atoms with Crippen LogP contribution in [0.3, 0.4) is 0 Å². The molecule has 2 aromatic rings. The number of rotatable bonds is 6. The molecular weight excluding hydrogens is 334 g/mol. The van der Waals surface area contributed by atoms with Crippen molar-refractivity contribution >= 4 is 29.4 Å². The number of nitrogens with one attached hydrogen (secondary N) is 1. The summed E-state index contributed by atoms with van der Waals surface area (Å²) >= 11 is 5.94. The number of benzene rings is 2. The first-order valence-corrected chi connectivity index (χ1v) is 7.41. The molecule has 2 rings (SSSR count). The van der Waals surface area contributed by atoms with E-state index in [2.05, 4.69) is 10.5 Å². The Bertz CT molecular complexity index is 750. The Balaban J connectivity index is 2.10. The first-order chi connectivity index (χ1) is 11.5. The lowest BCUT2D eigenvalue weighted by Crippen LogP contribution is -2.18. The van der Waals surface area contributed by atoms with Crippen LogP contribution >= 0.6 is 11.6 Å². The van der Waals surface area contributed by atoms with Crippen molar-refractivity contribution in [1.82, 2.24) is 5.43 Å². The molecule has 0 bridgehead atoms. The highest BCUT2D eigenvalue weighted by atomic mass is 35.5. The summed E-state index contributed by atoms with van der Waals surface area (Å²) in [5, 5.41) is 23.7. The van der Waals surface area contributed by atoms with Gasteiger partial charge in [0.15, 0.2) is 0 Å². The Morgan fingerprint density at radius 2 is 2.21 bits per heavy atom.